The fourth-order valence-electron chi connectivity index (χ4n) is 0.916. The predicted octanol–water partition coefficient (Wildman–Crippen LogP) is -0.870. The van der Waals surface area contributed by atoms with Gasteiger partial charge in [0, 0.05) is 0 Å². The van der Waals surface area contributed by atoms with Gasteiger partial charge in [0.1, 0.15) is 0 Å². The molecule has 0 heterocycles. The summed E-state index contributed by atoms with van der Waals surface area (Å²) < 4.78 is 25.0. The minimum atomic E-state index is -5.00. The molecular formula is C7H8NO6Sb. The molecule has 1 aromatic rings. The van der Waals surface area contributed by atoms with E-state index in [2.05, 4.69) is 3.02 Å². The van der Waals surface area contributed by atoms with Gasteiger partial charge < -0.3 is 0 Å². The third-order valence-electron chi connectivity index (χ3n) is 1.62. The first-order valence-corrected chi connectivity index (χ1v) is 8.31. The molecule has 2 N–H and O–H groups in total. The molecule has 15 heavy (non-hydrogen) atoms. The Balaban J connectivity index is 2.98. The van der Waals surface area contributed by atoms with Crippen molar-refractivity contribution in [2.45, 2.75) is 0 Å². The standard InChI is InChI=1S/C6H4NO2.CH3O2.H2O.O.Sb/c8-7(9)6-4-2-1-3-5-6;2-1-3;;;/h2-5H;2H,1H2;1H2;;/q;-1;;;+2/p-1. The summed E-state index contributed by atoms with van der Waals surface area (Å²) in [6, 6.07) is 4.50. The molecule has 0 aliphatic heterocycles. The van der Waals surface area contributed by atoms with Crippen molar-refractivity contribution in [1.82, 2.24) is 0 Å². The van der Waals surface area contributed by atoms with Crippen LogP contribution in [0.25, 0.3) is 0 Å². The van der Waals surface area contributed by atoms with Crippen LogP contribution in [0.2, 0.25) is 0 Å². The molecular weight excluding hydrogens is 316 g/mol. The van der Waals surface area contributed by atoms with Crippen LogP contribution in [0.4, 0.5) is 5.69 Å². The summed E-state index contributed by atoms with van der Waals surface area (Å²) in [5, 5.41) is 18.7. The normalized spacial score (nSPS) is 14.5. The summed E-state index contributed by atoms with van der Waals surface area (Å²) >= 11 is -5.00. The van der Waals surface area contributed by atoms with E-state index in [4.69, 9.17) is 5.11 Å². The van der Waals surface area contributed by atoms with Crippen LogP contribution in [-0.2, 0) is 6.03 Å². The summed E-state index contributed by atoms with van der Waals surface area (Å²) in [6.45, 7) is -0.859. The Bertz CT molecular complexity index is 402. The summed E-state index contributed by atoms with van der Waals surface area (Å²) in [5.41, 5.74) is -0.178. The van der Waals surface area contributed by atoms with E-state index < -0.39 is 31.4 Å². The summed E-state index contributed by atoms with van der Waals surface area (Å²) in [7, 11) is 0. The van der Waals surface area contributed by atoms with Crippen LogP contribution in [-0.4, -0.2) is 39.8 Å². The molecule has 1 aromatic carbocycles. The Kier molecular flexibility index (Phi) is 3.87. The molecule has 0 aromatic heterocycles. The van der Waals surface area contributed by atoms with Crippen LogP contribution in [0.3, 0.4) is 0 Å². The fraction of sp³-hybridized carbons (Fsp3) is 0.143. The Hall–Kier alpha value is -0.882. The molecule has 0 fully saturated rings. The SMILES string of the molecule is O=[N+]([O-])c1cc[c]([Sb](=[O])([OH])[O]CO)cc1. The van der Waals surface area contributed by atoms with Crippen molar-refractivity contribution in [2.24, 2.45) is 0 Å². The van der Waals surface area contributed by atoms with Crippen LogP contribution < -0.4 is 3.51 Å². The number of rotatable bonds is 4. The zero-order valence-corrected chi connectivity index (χ0v) is 9.99. The van der Waals surface area contributed by atoms with Crippen molar-refractivity contribution in [3.05, 3.63) is 34.4 Å². The van der Waals surface area contributed by atoms with Gasteiger partial charge in [-0.1, -0.05) is 0 Å². The van der Waals surface area contributed by atoms with Gasteiger partial charge in [0.2, 0.25) is 0 Å². The predicted molar refractivity (Wildman–Crippen MR) is 49.6 cm³/mol. The number of hydrogen-bond donors (Lipinski definition) is 2. The molecule has 0 spiro atoms. The summed E-state index contributed by atoms with van der Waals surface area (Å²) in [4.78, 5) is 9.68. The maximum absolute atomic E-state index is 11.4. The van der Waals surface area contributed by atoms with E-state index in [0.29, 0.717) is 0 Å². The first-order valence-electron chi connectivity index (χ1n) is 3.80. The van der Waals surface area contributed by atoms with Gasteiger partial charge in [-0.15, -0.1) is 0 Å². The van der Waals surface area contributed by atoms with Crippen molar-refractivity contribution in [3.8, 4) is 0 Å². The molecule has 1 atom stereocenters. The fourth-order valence-corrected chi connectivity index (χ4v) is 3.29. The molecule has 1 rings (SSSR count). The second-order valence-corrected chi connectivity index (χ2v) is 7.73. The third-order valence-corrected chi connectivity index (χ3v) is 5.66. The van der Waals surface area contributed by atoms with Gasteiger partial charge in [0.25, 0.3) is 0 Å². The summed E-state index contributed by atoms with van der Waals surface area (Å²) in [5.74, 6) is 0. The molecule has 82 valence electrons. The van der Waals surface area contributed by atoms with E-state index in [1.165, 1.54) is 0 Å². The molecule has 0 saturated carbocycles. The molecule has 1 unspecified atom stereocenters. The number of nitrogens with zero attached hydrogens (tertiary/aromatic N) is 1. The Morgan fingerprint density at radius 1 is 1.40 bits per heavy atom. The molecule has 0 aliphatic rings. The molecule has 0 radical (unpaired) electrons. The number of hydrogen-bond acceptors (Lipinski definition) is 5. The Labute approximate surface area is 89.6 Å². The maximum atomic E-state index is 11.4. The molecule has 0 amide bonds. The minimum absolute atomic E-state index is 0.0202. The Morgan fingerprint density at radius 2 is 1.93 bits per heavy atom. The average Bonchev–Trinajstić information content (AvgIpc) is 2.18. The first-order chi connectivity index (χ1) is 6.97. The van der Waals surface area contributed by atoms with E-state index in [1.54, 1.807) is 0 Å². The number of benzene rings is 1. The quantitative estimate of drug-likeness (QED) is 0.322. The van der Waals surface area contributed by atoms with Gasteiger partial charge in [-0.2, -0.15) is 0 Å². The first kappa shape index (κ1) is 12.2. The van der Waals surface area contributed by atoms with Gasteiger partial charge >= 0.3 is 89.5 Å². The van der Waals surface area contributed by atoms with Crippen LogP contribution in [0.15, 0.2) is 24.3 Å². The number of nitro groups is 1. The van der Waals surface area contributed by atoms with Gasteiger partial charge in [0.15, 0.2) is 0 Å². The van der Waals surface area contributed by atoms with E-state index in [0.717, 1.165) is 24.3 Å². The monoisotopic (exact) mass is 323 g/mol. The van der Waals surface area contributed by atoms with E-state index in [1.807, 2.05) is 0 Å². The summed E-state index contributed by atoms with van der Waals surface area (Å²) in [6.07, 6.45) is 0. The van der Waals surface area contributed by atoms with Crippen LogP contribution in [0, 0.1) is 10.1 Å². The number of aliphatic hydroxyl groups excluding tert-OH is 1. The van der Waals surface area contributed by atoms with Crippen LogP contribution >= 0.6 is 0 Å². The van der Waals surface area contributed by atoms with Crippen molar-refractivity contribution in [1.29, 1.82) is 0 Å². The second kappa shape index (κ2) is 4.76. The zero-order chi connectivity index (χ0) is 11.5. The number of aliphatic hydroxyl groups is 1. The molecule has 0 saturated heterocycles. The van der Waals surface area contributed by atoms with E-state index >= 15 is 0 Å². The van der Waals surface area contributed by atoms with E-state index in [9.17, 15) is 16.5 Å². The Morgan fingerprint density at radius 3 is 2.33 bits per heavy atom. The van der Waals surface area contributed by atoms with Crippen molar-refractivity contribution >= 4 is 28.8 Å². The van der Waals surface area contributed by atoms with Gasteiger partial charge in [-0.3, -0.25) is 0 Å². The van der Waals surface area contributed by atoms with Crippen molar-refractivity contribution in [3.63, 3.8) is 0 Å². The van der Waals surface area contributed by atoms with E-state index in [-0.39, 0.29) is 9.20 Å². The topological polar surface area (TPSA) is 110 Å². The molecule has 7 nitrogen and oxygen atoms in total. The second-order valence-electron chi connectivity index (χ2n) is 2.55. The number of non-ortho nitro benzene ring substituents is 1. The van der Waals surface area contributed by atoms with Gasteiger partial charge in [-0.05, 0) is 0 Å². The molecule has 0 bridgehead atoms. The van der Waals surface area contributed by atoms with Gasteiger partial charge in [0.05, 0.1) is 0 Å². The van der Waals surface area contributed by atoms with Crippen molar-refractivity contribution < 1.29 is 19.4 Å². The number of nitro benzene ring substituents is 1. The van der Waals surface area contributed by atoms with Crippen LogP contribution in [0.1, 0.15) is 0 Å². The molecule has 0 aliphatic carbocycles. The van der Waals surface area contributed by atoms with Crippen molar-refractivity contribution in [2.75, 3.05) is 6.79 Å². The molecule has 8 heteroatoms. The van der Waals surface area contributed by atoms with Gasteiger partial charge in [-0.25, -0.2) is 0 Å². The average molecular weight is 324 g/mol. The van der Waals surface area contributed by atoms with Crippen LogP contribution in [0.5, 0.6) is 0 Å². The zero-order valence-electron chi connectivity index (χ0n) is 7.44. The third kappa shape index (κ3) is 3.03.